The van der Waals surface area contributed by atoms with Gasteiger partial charge in [0.25, 0.3) is 0 Å². The molecule has 31 heavy (non-hydrogen) atoms. The maximum atomic E-state index is 14.2. The molecule has 4 nitrogen and oxygen atoms in total. The summed E-state index contributed by atoms with van der Waals surface area (Å²) < 4.78 is 58.3. The van der Waals surface area contributed by atoms with Gasteiger partial charge in [0.2, 0.25) is 7.29 Å². The lowest BCUT2D eigenvalue weighted by molar-refractivity contribution is -0.145. The maximum Gasteiger partial charge on any atom is 0.416 e. The first-order chi connectivity index (χ1) is 14.8. The van der Waals surface area contributed by atoms with Gasteiger partial charge in [0.1, 0.15) is 6.04 Å². The van der Waals surface area contributed by atoms with E-state index in [1.54, 1.807) is 67.6 Å². The van der Waals surface area contributed by atoms with Gasteiger partial charge in [-0.3, -0.25) is 4.57 Å². The third-order valence-corrected chi connectivity index (χ3v) is 7.32. The number of hydrogen-bond acceptors (Lipinski definition) is 3. The van der Waals surface area contributed by atoms with Crippen molar-refractivity contribution < 1.29 is 27.3 Å². The van der Waals surface area contributed by atoms with Crippen LogP contribution in [0.4, 0.5) is 13.2 Å². The minimum atomic E-state index is -4.51. The molecule has 1 N–H and O–H groups in total. The van der Waals surface area contributed by atoms with E-state index in [4.69, 9.17) is 4.74 Å². The number of nitrogens with one attached hydrogen (secondary N) is 1. The van der Waals surface area contributed by atoms with E-state index >= 15 is 0 Å². The van der Waals surface area contributed by atoms with Crippen molar-refractivity contribution in [3.8, 4) is 0 Å². The minimum absolute atomic E-state index is 0.0681. The molecule has 0 spiro atoms. The van der Waals surface area contributed by atoms with Gasteiger partial charge in [-0.05, 0) is 48.9 Å². The van der Waals surface area contributed by atoms with Gasteiger partial charge in [0.05, 0.1) is 12.2 Å². The highest BCUT2D eigenvalue weighted by Gasteiger charge is 2.35. The molecule has 0 aromatic heterocycles. The first-order valence-corrected chi connectivity index (χ1v) is 11.3. The lowest BCUT2D eigenvalue weighted by atomic mass is 10.1. The Balaban J connectivity index is 2.08. The first-order valence-electron chi connectivity index (χ1n) is 9.58. The molecule has 3 rings (SSSR count). The summed E-state index contributed by atoms with van der Waals surface area (Å²) >= 11 is 0. The Bertz CT molecular complexity index is 1010. The van der Waals surface area contributed by atoms with Gasteiger partial charge in [-0.15, -0.1) is 0 Å². The fourth-order valence-electron chi connectivity index (χ4n) is 3.11. The summed E-state index contributed by atoms with van der Waals surface area (Å²) in [4.78, 5) is 12.7. The number of rotatable bonds is 7. The van der Waals surface area contributed by atoms with Crippen LogP contribution in [0.25, 0.3) is 0 Å². The summed E-state index contributed by atoms with van der Waals surface area (Å²) in [6.45, 7) is 1.69. The quantitative estimate of drug-likeness (QED) is 0.417. The van der Waals surface area contributed by atoms with E-state index < -0.39 is 31.0 Å². The Labute approximate surface area is 178 Å². The first kappa shape index (κ1) is 22.8. The number of benzene rings is 3. The van der Waals surface area contributed by atoms with Gasteiger partial charge in [0.15, 0.2) is 0 Å². The predicted molar refractivity (Wildman–Crippen MR) is 114 cm³/mol. The topological polar surface area (TPSA) is 55.4 Å². The second-order valence-corrected chi connectivity index (χ2v) is 9.22. The molecule has 1 atom stereocenters. The molecule has 0 aliphatic carbocycles. The minimum Gasteiger partial charge on any atom is -0.465 e. The van der Waals surface area contributed by atoms with Crippen LogP contribution in [0.15, 0.2) is 84.9 Å². The van der Waals surface area contributed by atoms with Crippen molar-refractivity contribution in [2.75, 3.05) is 6.61 Å². The van der Waals surface area contributed by atoms with Crippen LogP contribution in [-0.4, -0.2) is 12.6 Å². The molecular formula is C23H21F3NO3P. The molecule has 0 unspecified atom stereocenters. The molecule has 0 saturated carbocycles. The number of esters is 1. The zero-order valence-corrected chi connectivity index (χ0v) is 17.6. The van der Waals surface area contributed by atoms with Gasteiger partial charge in [-0.1, -0.05) is 48.5 Å². The molecule has 0 aliphatic rings. The number of carbonyl (C=O) groups is 1. The van der Waals surface area contributed by atoms with Gasteiger partial charge in [0, 0.05) is 10.6 Å². The average molecular weight is 447 g/mol. The number of alkyl halides is 3. The van der Waals surface area contributed by atoms with Crippen LogP contribution < -0.4 is 15.7 Å². The summed E-state index contributed by atoms with van der Waals surface area (Å²) in [5, 5.41) is 3.84. The molecule has 0 heterocycles. The SMILES string of the molecule is CCOC(=O)[C@@H](NP(=O)(c1ccccc1)c1ccccc1)c1ccc(C(F)(F)F)cc1. The lowest BCUT2D eigenvalue weighted by Gasteiger charge is -2.26. The summed E-state index contributed by atoms with van der Waals surface area (Å²) in [5.41, 5.74) is -0.619. The van der Waals surface area contributed by atoms with Crippen LogP contribution in [0.2, 0.25) is 0 Å². The molecule has 0 aliphatic heterocycles. The van der Waals surface area contributed by atoms with E-state index in [9.17, 15) is 22.5 Å². The largest absolute Gasteiger partial charge is 0.465 e. The Morgan fingerprint density at radius 1 is 0.903 bits per heavy atom. The fraction of sp³-hybridized carbons (Fsp3) is 0.174. The number of ether oxygens (including phenoxy) is 1. The van der Waals surface area contributed by atoms with Crippen molar-refractivity contribution in [2.45, 2.75) is 19.1 Å². The van der Waals surface area contributed by atoms with Crippen LogP contribution in [0.3, 0.4) is 0 Å². The third kappa shape index (κ3) is 5.24. The molecule has 3 aromatic carbocycles. The molecule has 0 fully saturated rings. The molecule has 162 valence electrons. The van der Waals surface area contributed by atoms with Crippen molar-refractivity contribution in [3.63, 3.8) is 0 Å². The number of halogens is 3. The summed E-state index contributed by atoms with van der Waals surface area (Å²) in [5.74, 6) is -0.727. The molecule has 3 aromatic rings. The Morgan fingerprint density at radius 3 is 1.81 bits per heavy atom. The highest BCUT2D eigenvalue weighted by molar-refractivity contribution is 7.77. The number of carbonyl (C=O) groups excluding carboxylic acids is 1. The fourth-order valence-corrected chi connectivity index (χ4v) is 5.51. The van der Waals surface area contributed by atoms with Crippen molar-refractivity contribution in [3.05, 3.63) is 96.1 Å². The summed E-state index contributed by atoms with van der Waals surface area (Å²) in [7, 11) is -3.54. The summed E-state index contributed by atoms with van der Waals surface area (Å²) in [6, 6.07) is 20.1. The Hall–Kier alpha value is -2.89. The van der Waals surface area contributed by atoms with E-state index in [-0.39, 0.29) is 12.2 Å². The maximum absolute atomic E-state index is 14.2. The zero-order valence-electron chi connectivity index (χ0n) is 16.7. The monoisotopic (exact) mass is 447 g/mol. The highest BCUT2D eigenvalue weighted by atomic mass is 31.2. The van der Waals surface area contributed by atoms with Crippen molar-refractivity contribution in [1.82, 2.24) is 5.09 Å². The van der Waals surface area contributed by atoms with E-state index in [0.717, 1.165) is 12.1 Å². The molecule has 8 heteroatoms. The van der Waals surface area contributed by atoms with Gasteiger partial charge in [-0.25, -0.2) is 9.88 Å². The second kappa shape index (κ2) is 9.50. The second-order valence-electron chi connectivity index (χ2n) is 6.71. The van der Waals surface area contributed by atoms with Crippen LogP contribution in [0, 0.1) is 0 Å². The van der Waals surface area contributed by atoms with Crippen LogP contribution in [0.5, 0.6) is 0 Å². The normalized spacial score (nSPS) is 12.9. The molecule has 0 amide bonds. The predicted octanol–water partition coefficient (Wildman–Crippen LogP) is 4.83. The van der Waals surface area contributed by atoms with Crippen LogP contribution in [-0.2, 0) is 20.3 Å². The molecule has 0 radical (unpaired) electrons. The van der Waals surface area contributed by atoms with Crippen LogP contribution >= 0.6 is 7.29 Å². The van der Waals surface area contributed by atoms with Crippen LogP contribution in [0.1, 0.15) is 24.1 Å². The summed E-state index contributed by atoms with van der Waals surface area (Å²) in [6.07, 6.45) is -4.51. The highest BCUT2D eigenvalue weighted by Crippen LogP contribution is 2.42. The van der Waals surface area contributed by atoms with E-state index in [0.29, 0.717) is 10.6 Å². The standard InChI is InChI=1S/C23H21F3NO3P/c1-2-30-22(28)21(17-13-15-18(16-14-17)23(24,25)26)27-31(29,19-9-5-3-6-10-19)20-11-7-4-8-12-20/h3-16,21H,2H2,1H3,(H,27,29)/t21-/m0/s1. The van der Waals surface area contributed by atoms with Crippen molar-refractivity contribution in [1.29, 1.82) is 0 Å². The average Bonchev–Trinajstić information content (AvgIpc) is 2.78. The molecule has 0 saturated heterocycles. The van der Waals surface area contributed by atoms with Crippen molar-refractivity contribution >= 4 is 23.9 Å². The van der Waals surface area contributed by atoms with Gasteiger partial charge in [-0.2, -0.15) is 13.2 Å². The van der Waals surface area contributed by atoms with Gasteiger partial charge >= 0.3 is 12.1 Å². The zero-order chi connectivity index (χ0) is 22.5. The van der Waals surface area contributed by atoms with E-state index in [1.165, 1.54) is 12.1 Å². The third-order valence-electron chi connectivity index (χ3n) is 4.64. The van der Waals surface area contributed by atoms with Crippen molar-refractivity contribution in [2.24, 2.45) is 0 Å². The lowest BCUT2D eigenvalue weighted by Crippen LogP contribution is -2.35. The molecular weight excluding hydrogens is 426 g/mol. The molecule has 0 bridgehead atoms. The number of hydrogen-bond donors (Lipinski definition) is 1. The van der Waals surface area contributed by atoms with Gasteiger partial charge < -0.3 is 4.74 Å². The smallest absolute Gasteiger partial charge is 0.416 e. The van der Waals surface area contributed by atoms with E-state index in [1.807, 2.05) is 0 Å². The Kier molecular flexibility index (Phi) is 6.98. The van der Waals surface area contributed by atoms with E-state index in [2.05, 4.69) is 5.09 Å². The Morgan fingerprint density at radius 2 is 1.39 bits per heavy atom.